The molecule has 2 amide bonds. The Bertz CT molecular complexity index is 1270. The third kappa shape index (κ3) is 6.05. The second-order valence-corrected chi connectivity index (χ2v) is 9.70. The first-order valence-corrected chi connectivity index (χ1v) is 12.5. The molecule has 0 unspecified atom stereocenters. The summed E-state index contributed by atoms with van der Waals surface area (Å²) in [4.78, 5) is 31.9. The number of carbonyl (C=O) groups is 2. The van der Waals surface area contributed by atoms with Crippen molar-refractivity contribution in [2.24, 2.45) is 7.05 Å². The molecule has 2 aromatic carbocycles. The highest BCUT2D eigenvalue weighted by atomic mass is 19.1. The van der Waals surface area contributed by atoms with Gasteiger partial charge in [-0.1, -0.05) is 6.07 Å². The van der Waals surface area contributed by atoms with Gasteiger partial charge in [-0.05, 0) is 73.9 Å². The smallest absolute Gasteiger partial charge is 0.274 e. The van der Waals surface area contributed by atoms with Crippen molar-refractivity contribution in [3.05, 3.63) is 71.4 Å². The number of anilines is 1. The summed E-state index contributed by atoms with van der Waals surface area (Å²) < 4.78 is 29.3. The molecule has 0 N–H and O–H groups in total. The Hall–Kier alpha value is -3.59. The van der Waals surface area contributed by atoms with Crippen LogP contribution in [0.15, 0.2) is 48.5 Å². The molecule has 7 nitrogen and oxygen atoms in total. The molecule has 1 aromatic heterocycles. The molecule has 3 aromatic rings. The van der Waals surface area contributed by atoms with Gasteiger partial charge in [0.25, 0.3) is 5.91 Å². The van der Waals surface area contributed by atoms with Crippen LogP contribution < -0.4 is 4.90 Å². The predicted molar refractivity (Wildman–Crippen MR) is 139 cm³/mol. The van der Waals surface area contributed by atoms with E-state index in [2.05, 4.69) is 23.8 Å². The summed E-state index contributed by atoms with van der Waals surface area (Å²) in [6.07, 6.45) is 0.725. The quantitative estimate of drug-likeness (QED) is 0.523. The Morgan fingerprint density at radius 1 is 0.919 bits per heavy atom. The van der Waals surface area contributed by atoms with E-state index >= 15 is 0 Å². The number of hydrogen-bond acceptors (Lipinski definition) is 4. The molecule has 1 aliphatic rings. The summed E-state index contributed by atoms with van der Waals surface area (Å²) in [7, 11) is 1.74. The van der Waals surface area contributed by atoms with E-state index in [1.165, 1.54) is 31.2 Å². The van der Waals surface area contributed by atoms with Crippen molar-refractivity contribution in [1.29, 1.82) is 0 Å². The maximum absolute atomic E-state index is 14.3. The van der Waals surface area contributed by atoms with E-state index in [9.17, 15) is 18.4 Å². The van der Waals surface area contributed by atoms with Crippen molar-refractivity contribution in [3.63, 3.8) is 0 Å². The van der Waals surface area contributed by atoms with Gasteiger partial charge in [0, 0.05) is 52.7 Å². The van der Waals surface area contributed by atoms with Gasteiger partial charge in [0.2, 0.25) is 5.91 Å². The van der Waals surface area contributed by atoms with Crippen molar-refractivity contribution in [1.82, 2.24) is 19.6 Å². The van der Waals surface area contributed by atoms with Crippen LogP contribution in [0.4, 0.5) is 14.5 Å². The highest BCUT2D eigenvalue weighted by molar-refractivity contribution is 5.94. The standard InChI is InChI=1S/C28H33F2N5O2/c1-19(2)33-12-5-13-35(20(3)36)27-16-24(30)11-8-22(27)18-34(15-14-33)28(37)25-17-26(32(4)31-25)21-6-9-23(29)10-7-21/h6-11,16-17,19H,5,12-15,18H2,1-4H3. The van der Waals surface area contributed by atoms with Crippen LogP contribution in [0.5, 0.6) is 0 Å². The van der Waals surface area contributed by atoms with Crippen LogP contribution in [0.3, 0.4) is 0 Å². The van der Waals surface area contributed by atoms with Crippen molar-refractivity contribution >= 4 is 17.5 Å². The van der Waals surface area contributed by atoms with Crippen LogP contribution in [0.2, 0.25) is 0 Å². The highest BCUT2D eigenvalue weighted by Crippen LogP contribution is 2.27. The minimum atomic E-state index is -0.435. The summed E-state index contributed by atoms with van der Waals surface area (Å²) in [5, 5.41) is 4.46. The fourth-order valence-electron chi connectivity index (χ4n) is 4.76. The number of benzene rings is 2. The SMILES string of the molecule is CC(=O)N1CCCN(C(C)C)CCN(C(=O)c2cc(-c3ccc(F)cc3)n(C)n2)Cc2ccc(F)cc21. The predicted octanol–water partition coefficient (Wildman–Crippen LogP) is 4.47. The number of amides is 2. The number of carbonyl (C=O) groups excluding carboxylic acids is 2. The van der Waals surface area contributed by atoms with Crippen LogP contribution in [0, 0.1) is 11.6 Å². The minimum Gasteiger partial charge on any atom is -0.332 e. The van der Waals surface area contributed by atoms with E-state index in [0.29, 0.717) is 36.6 Å². The van der Waals surface area contributed by atoms with E-state index in [0.717, 1.165) is 18.5 Å². The van der Waals surface area contributed by atoms with Gasteiger partial charge < -0.3 is 9.80 Å². The highest BCUT2D eigenvalue weighted by Gasteiger charge is 2.26. The lowest BCUT2D eigenvalue weighted by Crippen LogP contribution is -2.41. The summed E-state index contributed by atoms with van der Waals surface area (Å²) in [6.45, 7) is 8.18. The van der Waals surface area contributed by atoms with E-state index in [-0.39, 0.29) is 35.9 Å². The Labute approximate surface area is 216 Å². The average Bonchev–Trinajstić information content (AvgIpc) is 3.23. The number of aromatic nitrogens is 2. The van der Waals surface area contributed by atoms with Gasteiger partial charge in [0.05, 0.1) is 11.4 Å². The van der Waals surface area contributed by atoms with Crippen molar-refractivity contribution in [2.75, 3.05) is 31.1 Å². The van der Waals surface area contributed by atoms with Crippen LogP contribution in [0.25, 0.3) is 11.3 Å². The first kappa shape index (κ1) is 26.5. The molecule has 0 saturated carbocycles. The molecule has 37 heavy (non-hydrogen) atoms. The molecule has 9 heteroatoms. The number of hydrogen-bond donors (Lipinski definition) is 0. The second-order valence-electron chi connectivity index (χ2n) is 9.70. The zero-order valence-electron chi connectivity index (χ0n) is 21.7. The largest absolute Gasteiger partial charge is 0.332 e. The molecule has 2 heterocycles. The molecular formula is C28H33F2N5O2. The maximum Gasteiger partial charge on any atom is 0.274 e. The summed E-state index contributed by atoms with van der Waals surface area (Å²) >= 11 is 0. The number of fused-ring (bicyclic) bond motifs is 1. The normalized spacial score (nSPS) is 15.4. The minimum absolute atomic E-state index is 0.172. The van der Waals surface area contributed by atoms with E-state index in [4.69, 9.17) is 0 Å². The lowest BCUT2D eigenvalue weighted by molar-refractivity contribution is -0.116. The van der Waals surface area contributed by atoms with Crippen LogP contribution in [0.1, 0.15) is 43.2 Å². The van der Waals surface area contributed by atoms with E-state index < -0.39 is 5.82 Å². The zero-order valence-corrected chi connectivity index (χ0v) is 21.7. The van der Waals surface area contributed by atoms with Crippen molar-refractivity contribution in [2.45, 2.75) is 39.8 Å². The number of nitrogens with zero attached hydrogens (tertiary/aromatic N) is 5. The van der Waals surface area contributed by atoms with Gasteiger partial charge >= 0.3 is 0 Å². The molecule has 0 saturated heterocycles. The molecular weight excluding hydrogens is 476 g/mol. The molecule has 0 bridgehead atoms. The van der Waals surface area contributed by atoms with Gasteiger partial charge in [0.15, 0.2) is 5.69 Å². The second kappa shape index (κ2) is 11.2. The number of aryl methyl sites for hydroxylation is 1. The first-order valence-electron chi connectivity index (χ1n) is 12.5. The molecule has 4 rings (SSSR count). The fraction of sp³-hybridized carbons (Fsp3) is 0.393. The lowest BCUT2D eigenvalue weighted by atomic mass is 10.1. The molecule has 0 fully saturated rings. The van der Waals surface area contributed by atoms with Gasteiger partial charge in [-0.2, -0.15) is 5.10 Å². The van der Waals surface area contributed by atoms with Crippen molar-refractivity contribution in [3.8, 4) is 11.3 Å². The first-order chi connectivity index (χ1) is 17.6. The Kier molecular flexibility index (Phi) is 8.02. The molecule has 0 atom stereocenters. The Balaban J connectivity index is 1.71. The third-order valence-corrected chi connectivity index (χ3v) is 6.82. The van der Waals surface area contributed by atoms with E-state index in [1.54, 1.807) is 45.8 Å². The van der Waals surface area contributed by atoms with E-state index in [1.807, 2.05) is 0 Å². The average molecular weight is 510 g/mol. The number of halogens is 2. The summed E-state index contributed by atoms with van der Waals surface area (Å²) in [5.41, 5.74) is 2.88. The molecule has 1 aliphatic heterocycles. The Morgan fingerprint density at radius 2 is 1.62 bits per heavy atom. The molecule has 0 radical (unpaired) electrons. The van der Waals surface area contributed by atoms with Gasteiger partial charge in [-0.3, -0.25) is 19.2 Å². The molecule has 196 valence electrons. The number of rotatable bonds is 3. The van der Waals surface area contributed by atoms with Gasteiger partial charge in [0.1, 0.15) is 11.6 Å². The van der Waals surface area contributed by atoms with Gasteiger partial charge in [-0.15, -0.1) is 0 Å². The fourth-order valence-corrected chi connectivity index (χ4v) is 4.76. The Morgan fingerprint density at radius 3 is 2.30 bits per heavy atom. The summed E-state index contributed by atoms with van der Waals surface area (Å²) in [5.74, 6) is -1.21. The van der Waals surface area contributed by atoms with Gasteiger partial charge in [-0.25, -0.2) is 8.78 Å². The topological polar surface area (TPSA) is 61.7 Å². The lowest BCUT2D eigenvalue weighted by Gasteiger charge is -2.29. The third-order valence-electron chi connectivity index (χ3n) is 6.82. The van der Waals surface area contributed by atoms with Crippen LogP contribution in [-0.4, -0.2) is 63.6 Å². The van der Waals surface area contributed by atoms with Crippen molar-refractivity contribution < 1.29 is 18.4 Å². The van der Waals surface area contributed by atoms with Crippen LogP contribution >= 0.6 is 0 Å². The summed E-state index contributed by atoms with van der Waals surface area (Å²) in [6, 6.07) is 12.4. The maximum atomic E-state index is 14.3. The molecule has 0 aliphatic carbocycles. The monoisotopic (exact) mass is 509 g/mol. The molecule has 0 spiro atoms. The van der Waals surface area contributed by atoms with Crippen LogP contribution in [-0.2, 0) is 18.4 Å². The zero-order chi connectivity index (χ0) is 26.7.